The third-order valence-electron chi connectivity index (χ3n) is 2.60. The molecular weight excluding hydrogens is 219 g/mol. The average molecular weight is 231 g/mol. The van der Waals surface area contributed by atoms with Gasteiger partial charge in [-0.3, -0.25) is 0 Å². The SMILES string of the molecule is O=P1(c2ccccc2)CC(O)C(Cl)C1. The fourth-order valence-corrected chi connectivity index (χ4v) is 5.64. The summed E-state index contributed by atoms with van der Waals surface area (Å²) in [5, 5.41) is 9.97. The first-order valence-electron chi connectivity index (χ1n) is 4.58. The highest BCUT2D eigenvalue weighted by molar-refractivity contribution is 7.72. The predicted octanol–water partition coefficient (Wildman–Crippen LogP) is 1.66. The molecule has 0 bridgehead atoms. The van der Waals surface area contributed by atoms with Crippen molar-refractivity contribution in [3.63, 3.8) is 0 Å². The van der Waals surface area contributed by atoms with E-state index in [2.05, 4.69) is 0 Å². The van der Waals surface area contributed by atoms with E-state index in [0.29, 0.717) is 12.3 Å². The van der Waals surface area contributed by atoms with Gasteiger partial charge in [-0.15, -0.1) is 11.6 Å². The summed E-state index contributed by atoms with van der Waals surface area (Å²) in [6, 6.07) is 9.32. The van der Waals surface area contributed by atoms with E-state index in [4.69, 9.17) is 11.6 Å². The Balaban J connectivity index is 2.32. The first kappa shape index (κ1) is 10.2. The van der Waals surface area contributed by atoms with Crippen molar-refractivity contribution in [3.8, 4) is 0 Å². The number of aliphatic hydroxyl groups excluding tert-OH is 1. The number of rotatable bonds is 1. The van der Waals surface area contributed by atoms with Crippen molar-refractivity contribution in [1.29, 1.82) is 0 Å². The van der Waals surface area contributed by atoms with Crippen molar-refractivity contribution in [1.82, 2.24) is 0 Å². The number of hydrogen-bond acceptors (Lipinski definition) is 2. The van der Waals surface area contributed by atoms with E-state index in [-0.39, 0.29) is 5.38 Å². The normalized spacial score (nSPS) is 37.3. The van der Waals surface area contributed by atoms with Crippen molar-refractivity contribution in [2.45, 2.75) is 11.5 Å². The van der Waals surface area contributed by atoms with E-state index < -0.39 is 13.2 Å². The maximum atomic E-state index is 12.4. The Morgan fingerprint density at radius 2 is 1.93 bits per heavy atom. The molecule has 3 atom stereocenters. The maximum Gasteiger partial charge on any atom is 0.119 e. The molecule has 0 amide bonds. The minimum absolute atomic E-state index is 0.325. The monoisotopic (exact) mass is 230 g/mol. The second-order valence-corrected chi connectivity index (χ2v) is 7.26. The molecule has 2 nitrogen and oxygen atoms in total. The molecule has 76 valence electrons. The summed E-state index contributed by atoms with van der Waals surface area (Å²) in [7, 11) is -2.42. The molecule has 1 aromatic carbocycles. The maximum absolute atomic E-state index is 12.4. The highest BCUT2D eigenvalue weighted by Gasteiger charge is 2.40. The fourth-order valence-electron chi connectivity index (χ4n) is 1.80. The molecule has 1 aliphatic rings. The summed E-state index contributed by atoms with van der Waals surface area (Å²) in [5.41, 5.74) is 0. The van der Waals surface area contributed by atoms with Crippen molar-refractivity contribution < 1.29 is 9.67 Å². The van der Waals surface area contributed by atoms with Gasteiger partial charge in [0, 0.05) is 17.6 Å². The van der Waals surface area contributed by atoms with E-state index >= 15 is 0 Å². The lowest BCUT2D eigenvalue weighted by Gasteiger charge is -2.10. The van der Waals surface area contributed by atoms with Crippen molar-refractivity contribution >= 4 is 24.0 Å². The molecule has 1 fully saturated rings. The van der Waals surface area contributed by atoms with Gasteiger partial charge in [0.05, 0.1) is 11.5 Å². The first-order chi connectivity index (χ1) is 6.62. The molecule has 0 saturated carbocycles. The molecule has 1 N–H and O–H groups in total. The second kappa shape index (κ2) is 3.69. The quantitative estimate of drug-likeness (QED) is 0.589. The van der Waals surface area contributed by atoms with E-state index in [9.17, 15) is 9.67 Å². The zero-order valence-corrected chi connectivity index (χ0v) is 9.29. The van der Waals surface area contributed by atoms with Crippen LogP contribution in [0.4, 0.5) is 0 Å². The summed E-state index contributed by atoms with van der Waals surface area (Å²) in [5.74, 6) is 0. The highest BCUT2D eigenvalue weighted by atomic mass is 35.5. The van der Waals surface area contributed by atoms with Gasteiger partial charge < -0.3 is 9.67 Å². The first-order valence-corrected chi connectivity index (χ1v) is 7.09. The van der Waals surface area contributed by atoms with Gasteiger partial charge >= 0.3 is 0 Å². The van der Waals surface area contributed by atoms with Crippen LogP contribution in [0.3, 0.4) is 0 Å². The van der Waals surface area contributed by atoms with Gasteiger partial charge in [0.15, 0.2) is 0 Å². The van der Waals surface area contributed by atoms with Gasteiger partial charge in [0.1, 0.15) is 7.14 Å². The Morgan fingerprint density at radius 3 is 2.43 bits per heavy atom. The number of aliphatic hydroxyl groups is 1. The fraction of sp³-hybridized carbons (Fsp3) is 0.400. The highest BCUT2D eigenvalue weighted by Crippen LogP contribution is 2.52. The second-order valence-electron chi connectivity index (χ2n) is 3.67. The van der Waals surface area contributed by atoms with Crippen LogP contribution in [0.5, 0.6) is 0 Å². The topological polar surface area (TPSA) is 37.3 Å². The third-order valence-corrected chi connectivity index (χ3v) is 6.44. The van der Waals surface area contributed by atoms with Gasteiger partial charge in [-0.2, -0.15) is 0 Å². The van der Waals surface area contributed by atoms with E-state index in [1.54, 1.807) is 0 Å². The van der Waals surface area contributed by atoms with Crippen molar-refractivity contribution in [2.24, 2.45) is 0 Å². The minimum Gasteiger partial charge on any atom is -0.391 e. The van der Waals surface area contributed by atoms with Crippen LogP contribution in [0.1, 0.15) is 0 Å². The molecule has 0 radical (unpaired) electrons. The Bertz CT molecular complexity index is 352. The zero-order valence-electron chi connectivity index (χ0n) is 7.64. The minimum atomic E-state index is -2.42. The van der Waals surface area contributed by atoms with Crippen LogP contribution < -0.4 is 5.30 Å². The van der Waals surface area contributed by atoms with Crippen molar-refractivity contribution in [2.75, 3.05) is 12.3 Å². The number of halogens is 1. The third kappa shape index (κ3) is 1.75. The van der Waals surface area contributed by atoms with E-state index in [1.165, 1.54) is 0 Å². The molecule has 0 aromatic heterocycles. The summed E-state index contributed by atoms with van der Waals surface area (Å²) < 4.78 is 12.4. The summed E-state index contributed by atoms with van der Waals surface area (Å²) in [6.45, 7) is 0. The predicted molar refractivity (Wildman–Crippen MR) is 59.1 cm³/mol. The molecular formula is C10H12ClO2P. The molecule has 1 aliphatic heterocycles. The Labute approximate surface area is 88.3 Å². The summed E-state index contributed by atoms with van der Waals surface area (Å²) in [4.78, 5) is 0. The Kier molecular flexibility index (Phi) is 2.70. The lowest BCUT2D eigenvalue weighted by Crippen LogP contribution is -2.16. The molecule has 14 heavy (non-hydrogen) atoms. The van der Waals surface area contributed by atoms with E-state index in [1.807, 2.05) is 30.3 Å². The van der Waals surface area contributed by atoms with Crippen LogP contribution in [0.15, 0.2) is 30.3 Å². The van der Waals surface area contributed by atoms with Gasteiger partial charge in [-0.05, 0) is 0 Å². The van der Waals surface area contributed by atoms with Crippen LogP contribution in [-0.2, 0) is 4.57 Å². The van der Waals surface area contributed by atoms with Gasteiger partial charge in [0.2, 0.25) is 0 Å². The Hall–Kier alpha value is -0.300. The molecule has 1 saturated heterocycles. The lowest BCUT2D eigenvalue weighted by atomic mass is 10.3. The number of alkyl halides is 1. The van der Waals surface area contributed by atoms with Gasteiger partial charge in [-0.25, -0.2) is 0 Å². The standard InChI is InChI=1S/C10H12ClO2P/c11-9-6-14(13,7-10(9)12)8-4-2-1-3-5-8/h1-5,9-10,12H,6-7H2. The number of hydrogen-bond donors (Lipinski definition) is 1. The smallest absolute Gasteiger partial charge is 0.119 e. The molecule has 0 spiro atoms. The molecule has 4 heteroatoms. The van der Waals surface area contributed by atoms with Crippen molar-refractivity contribution in [3.05, 3.63) is 30.3 Å². The van der Waals surface area contributed by atoms with Crippen LogP contribution in [0, 0.1) is 0 Å². The van der Waals surface area contributed by atoms with Crippen LogP contribution in [0.25, 0.3) is 0 Å². The van der Waals surface area contributed by atoms with Crippen LogP contribution >= 0.6 is 18.7 Å². The Morgan fingerprint density at radius 1 is 1.29 bits per heavy atom. The van der Waals surface area contributed by atoms with E-state index in [0.717, 1.165) is 5.30 Å². The molecule has 1 aromatic rings. The molecule has 3 unspecified atom stereocenters. The average Bonchev–Trinajstić information content (AvgIpc) is 2.44. The van der Waals surface area contributed by atoms with Crippen LogP contribution in [-0.4, -0.2) is 28.9 Å². The summed E-state index contributed by atoms with van der Waals surface area (Å²) >= 11 is 5.87. The molecule has 0 aliphatic carbocycles. The number of benzene rings is 1. The van der Waals surface area contributed by atoms with Gasteiger partial charge in [0.25, 0.3) is 0 Å². The largest absolute Gasteiger partial charge is 0.391 e. The molecule has 2 rings (SSSR count). The lowest BCUT2D eigenvalue weighted by molar-refractivity contribution is 0.205. The van der Waals surface area contributed by atoms with Gasteiger partial charge in [-0.1, -0.05) is 30.3 Å². The molecule has 1 heterocycles. The summed E-state index contributed by atoms with van der Waals surface area (Å²) in [6.07, 6.45) is 0.118. The zero-order chi connectivity index (χ0) is 10.2. The van der Waals surface area contributed by atoms with Crippen LogP contribution in [0.2, 0.25) is 0 Å².